The lowest BCUT2D eigenvalue weighted by Crippen LogP contribution is -2.23. The maximum absolute atomic E-state index is 11.0. The van der Waals surface area contributed by atoms with Crippen LogP contribution in [0.25, 0.3) is 0 Å². The van der Waals surface area contributed by atoms with Crippen molar-refractivity contribution in [2.75, 3.05) is 6.54 Å². The fourth-order valence-electron chi connectivity index (χ4n) is 0.871. The van der Waals surface area contributed by atoms with Crippen LogP contribution in [-0.4, -0.2) is 18.3 Å². The van der Waals surface area contributed by atoms with Crippen LogP contribution in [0.5, 0.6) is 0 Å². The summed E-state index contributed by atoms with van der Waals surface area (Å²) in [5.41, 5.74) is 2.54. The predicted molar refractivity (Wildman–Crippen MR) is 53.0 cm³/mol. The van der Waals surface area contributed by atoms with Gasteiger partial charge >= 0.3 is 0 Å². The number of unbranched alkanes of at least 4 members (excludes halogenated alkanes) is 1. The van der Waals surface area contributed by atoms with Gasteiger partial charge in [-0.2, -0.15) is 0 Å². The van der Waals surface area contributed by atoms with Crippen LogP contribution in [-0.2, 0) is 4.79 Å². The molecule has 0 heterocycles. The van der Waals surface area contributed by atoms with Crippen molar-refractivity contribution in [2.45, 2.75) is 32.6 Å². The average Bonchev–Trinajstić information content (AvgIpc) is 2.11. The van der Waals surface area contributed by atoms with Crippen molar-refractivity contribution in [1.29, 1.82) is 5.41 Å². The van der Waals surface area contributed by atoms with Crippen molar-refractivity contribution in [3.63, 3.8) is 0 Å². The number of nitrogens with one attached hydrogen (secondary N) is 2. The SMILES string of the molecule is CCCC(=O)NCCCC=C=C=N. The molecular weight excluding hydrogens is 164 g/mol. The highest BCUT2D eigenvalue weighted by molar-refractivity contribution is 5.75. The summed E-state index contributed by atoms with van der Waals surface area (Å²) < 4.78 is 0. The van der Waals surface area contributed by atoms with Crippen LogP contribution in [0.1, 0.15) is 32.6 Å². The van der Waals surface area contributed by atoms with Gasteiger partial charge < -0.3 is 5.32 Å². The van der Waals surface area contributed by atoms with Gasteiger partial charge in [0, 0.05) is 18.8 Å². The molecule has 0 radical (unpaired) electrons. The number of hydrogen-bond donors (Lipinski definition) is 2. The zero-order valence-electron chi connectivity index (χ0n) is 8.02. The number of rotatable bonds is 6. The van der Waals surface area contributed by atoms with E-state index in [0.29, 0.717) is 13.0 Å². The Kier molecular flexibility index (Phi) is 7.91. The van der Waals surface area contributed by atoms with E-state index in [9.17, 15) is 4.79 Å². The first kappa shape index (κ1) is 11.7. The second-order valence-corrected chi connectivity index (χ2v) is 2.72. The summed E-state index contributed by atoms with van der Waals surface area (Å²) in [5.74, 6) is 2.16. The Morgan fingerprint density at radius 2 is 2.38 bits per heavy atom. The lowest BCUT2D eigenvalue weighted by Gasteiger charge is -2.01. The lowest BCUT2D eigenvalue weighted by atomic mass is 10.3. The molecule has 0 aliphatic carbocycles. The summed E-state index contributed by atoms with van der Waals surface area (Å²) in [5, 5.41) is 9.35. The maximum Gasteiger partial charge on any atom is 0.219 e. The third kappa shape index (κ3) is 8.61. The predicted octanol–water partition coefficient (Wildman–Crippen LogP) is 1.64. The smallest absolute Gasteiger partial charge is 0.219 e. The summed E-state index contributed by atoms with van der Waals surface area (Å²) in [6.07, 6.45) is 4.97. The number of allylic oxidation sites excluding steroid dienone is 1. The molecule has 0 aliphatic heterocycles. The molecule has 0 aromatic carbocycles. The van der Waals surface area contributed by atoms with Gasteiger partial charge in [-0.05, 0) is 25.3 Å². The molecule has 3 heteroatoms. The Hall–Kier alpha value is -1.30. The number of carbonyl (C=O) groups excluding carboxylic acids is 1. The molecule has 0 fully saturated rings. The fraction of sp³-hybridized carbons (Fsp3) is 0.600. The van der Waals surface area contributed by atoms with E-state index >= 15 is 0 Å². The molecule has 72 valence electrons. The van der Waals surface area contributed by atoms with E-state index < -0.39 is 0 Å². The lowest BCUT2D eigenvalue weighted by molar-refractivity contribution is -0.121. The molecule has 0 spiro atoms. The van der Waals surface area contributed by atoms with E-state index in [1.54, 1.807) is 6.08 Å². The Morgan fingerprint density at radius 1 is 1.62 bits per heavy atom. The first-order valence-corrected chi connectivity index (χ1v) is 4.57. The Labute approximate surface area is 79.0 Å². The molecular formula is C10H16N2O. The van der Waals surface area contributed by atoms with Crippen LogP contribution in [0.15, 0.2) is 11.8 Å². The van der Waals surface area contributed by atoms with Crippen molar-refractivity contribution in [1.82, 2.24) is 5.32 Å². The highest BCUT2D eigenvalue weighted by Crippen LogP contribution is 1.89. The van der Waals surface area contributed by atoms with Gasteiger partial charge in [0.2, 0.25) is 5.91 Å². The highest BCUT2D eigenvalue weighted by Gasteiger charge is 1.95. The van der Waals surface area contributed by atoms with Crippen molar-refractivity contribution in [3.8, 4) is 0 Å². The first-order chi connectivity index (χ1) is 6.31. The van der Waals surface area contributed by atoms with Gasteiger partial charge in [-0.25, -0.2) is 0 Å². The molecule has 0 saturated carbocycles. The zero-order valence-corrected chi connectivity index (χ0v) is 8.02. The molecule has 13 heavy (non-hydrogen) atoms. The average molecular weight is 180 g/mol. The maximum atomic E-state index is 11.0. The molecule has 0 aromatic heterocycles. The molecule has 0 rings (SSSR count). The monoisotopic (exact) mass is 180 g/mol. The van der Waals surface area contributed by atoms with Gasteiger partial charge in [-0.15, -0.1) is 0 Å². The second kappa shape index (κ2) is 8.79. The van der Waals surface area contributed by atoms with E-state index in [-0.39, 0.29) is 5.91 Å². The Morgan fingerprint density at radius 3 is 3.00 bits per heavy atom. The molecule has 1 amide bonds. The Bertz CT molecular complexity index is 223. The third-order valence-corrected chi connectivity index (χ3v) is 1.50. The van der Waals surface area contributed by atoms with Crippen LogP contribution in [0, 0.1) is 5.41 Å². The fourth-order valence-corrected chi connectivity index (χ4v) is 0.871. The quantitative estimate of drug-likeness (QED) is 0.364. The van der Waals surface area contributed by atoms with Crippen LogP contribution in [0.4, 0.5) is 0 Å². The molecule has 0 aliphatic rings. The van der Waals surface area contributed by atoms with E-state index in [0.717, 1.165) is 19.3 Å². The summed E-state index contributed by atoms with van der Waals surface area (Å²) in [6, 6.07) is 0. The summed E-state index contributed by atoms with van der Waals surface area (Å²) in [4.78, 5) is 11.0. The van der Waals surface area contributed by atoms with E-state index in [2.05, 4.69) is 11.0 Å². The van der Waals surface area contributed by atoms with Crippen LogP contribution >= 0.6 is 0 Å². The van der Waals surface area contributed by atoms with Crippen LogP contribution < -0.4 is 5.32 Å². The van der Waals surface area contributed by atoms with Gasteiger partial charge in [0.25, 0.3) is 0 Å². The molecule has 0 atom stereocenters. The van der Waals surface area contributed by atoms with E-state index in [1.165, 1.54) is 0 Å². The molecule has 3 nitrogen and oxygen atoms in total. The van der Waals surface area contributed by atoms with Crippen molar-refractivity contribution < 1.29 is 4.79 Å². The second-order valence-electron chi connectivity index (χ2n) is 2.72. The molecule has 0 saturated heterocycles. The number of amides is 1. The highest BCUT2D eigenvalue weighted by atomic mass is 16.1. The van der Waals surface area contributed by atoms with Gasteiger partial charge in [-0.3, -0.25) is 10.2 Å². The first-order valence-electron chi connectivity index (χ1n) is 4.57. The summed E-state index contributed by atoms with van der Waals surface area (Å²) in [6.45, 7) is 2.69. The summed E-state index contributed by atoms with van der Waals surface area (Å²) in [7, 11) is 0. The van der Waals surface area contributed by atoms with Gasteiger partial charge in [-0.1, -0.05) is 12.7 Å². The van der Waals surface area contributed by atoms with Gasteiger partial charge in [0.15, 0.2) is 0 Å². The topological polar surface area (TPSA) is 53.0 Å². The van der Waals surface area contributed by atoms with Crippen molar-refractivity contribution in [3.05, 3.63) is 11.8 Å². The van der Waals surface area contributed by atoms with Crippen LogP contribution in [0.3, 0.4) is 0 Å². The molecule has 0 bridgehead atoms. The zero-order chi connectivity index (χ0) is 9.94. The summed E-state index contributed by atoms with van der Waals surface area (Å²) >= 11 is 0. The normalized spacial score (nSPS) is 8.38. The molecule has 0 aromatic rings. The minimum absolute atomic E-state index is 0.120. The van der Waals surface area contributed by atoms with Gasteiger partial charge in [0.05, 0.1) is 0 Å². The van der Waals surface area contributed by atoms with Crippen LogP contribution in [0.2, 0.25) is 0 Å². The van der Waals surface area contributed by atoms with Crippen molar-refractivity contribution >= 4 is 11.8 Å². The Balaban J connectivity index is 3.30. The third-order valence-electron chi connectivity index (χ3n) is 1.50. The van der Waals surface area contributed by atoms with E-state index in [1.807, 2.05) is 12.8 Å². The minimum atomic E-state index is 0.120. The largest absolute Gasteiger partial charge is 0.356 e. The van der Waals surface area contributed by atoms with Gasteiger partial charge in [0.1, 0.15) is 0 Å². The number of hydrogen-bond acceptors (Lipinski definition) is 2. The number of carbonyl (C=O) groups is 1. The molecule has 2 N–H and O–H groups in total. The van der Waals surface area contributed by atoms with E-state index in [4.69, 9.17) is 5.41 Å². The standard InChI is InChI=1S/C10H16N2O/c1-2-7-10(13)12-9-6-4-3-5-8-11/h3,11H,2,4,6-7,9H2,1H3,(H,12,13). The molecule has 0 unspecified atom stereocenters. The minimum Gasteiger partial charge on any atom is -0.356 e. The van der Waals surface area contributed by atoms with Crippen molar-refractivity contribution in [2.24, 2.45) is 0 Å².